The zero-order chi connectivity index (χ0) is 15.3. The largest absolute Gasteiger partial charge is 0.454 e. The van der Waals surface area contributed by atoms with Gasteiger partial charge in [0.1, 0.15) is 5.60 Å². The molecule has 2 nitrogen and oxygen atoms in total. The van der Waals surface area contributed by atoms with Crippen LogP contribution >= 0.6 is 0 Å². The molecule has 3 rings (SSSR count). The molecule has 0 amide bonds. The molecule has 3 atom stereocenters. The second-order valence-corrected chi connectivity index (χ2v) is 7.51. The maximum atomic E-state index is 12.2. The first-order valence-electron chi connectivity index (χ1n) is 8.15. The van der Waals surface area contributed by atoms with E-state index in [4.69, 9.17) is 4.74 Å². The van der Waals surface area contributed by atoms with E-state index in [9.17, 15) is 4.79 Å². The van der Waals surface area contributed by atoms with E-state index >= 15 is 0 Å². The van der Waals surface area contributed by atoms with Crippen molar-refractivity contribution in [3.8, 4) is 0 Å². The molecule has 1 aromatic carbocycles. The summed E-state index contributed by atoms with van der Waals surface area (Å²) in [5, 5.41) is 0. The number of carbonyl (C=O) groups excluding carboxylic acids is 1. The Morgan fingerprint density at radius 3 is 2.38 bits per heavy atom. The van der Waals surface area contributed by atoms with Crippen LogP contribution in [0.2, 0.25) is 0 Å². The quantitative estimate of drug-likeness (QED) is 0.754. The molecule has 0 aliphatic heterocycles. The first-order valence-corrected chi connectivity index (χ1v) is 8.15. The summed E-state index contributed by atoms with van der Waals surface area (Å²) in [6.45, 7) is 8.92. The Balaban J connectivity index is 2.14. The zero-order valence-electron chi connectivity index (χ0n) is 13.6. The van der Waals surface area contributed by atoms with Gasteiger partial charge in [-0.25, -0.2) is 0 Å². The highest BCUT2D eigenvalue weighted by Crippen LogP contribution is 2.73. The van der Waals surface area contributed by atoms with Crippen molar-refractivity contribution in [2.45, 2.75) is 59.0 Å². The lowest BCUT2D eigenvalue weighted by atomic mass is 9.62. The van der Waals surface area contributed by atoms with Gasteiger partial charge in [0, 0.05) is 11.8 Å². The lowest BCUT2D eigenvalue weighted by molar-refractivity contribution is -0.182. The van der Waals surface area contributed by atoms with Crippen LogP contribution in [-0.4, -0.2) is 5.97 Å². The van der Waals surface area contributed by atoms with E-state index < -0.39 is 5.60 Å². The number of benzene rings is 1. The predicted molar refractivity (Wildman–Crippen MR) is 83.7 cm³/mol. The lowest BCUT2D eigenvalue weighted by Crippen LogP contribution is -2.48. The van der Waals surface area contributed by atoms with Crippen molar-refractivity contribution < 1.29 is 9.53 Å². The molecular formula is C19H26O2. The van der Waals surface area contributed by atoms with Crippen molar-refractivity contribution in [3.63, 3.8) is 0 Å². The highest BCUT2D eigenvalue weighted by Gasteiger charge is 2.71. The number of hydrogen-bond donors (Lipinski definition) is 0. The minimum absolute atomic E-state index is 0.0108. The summed E-state index contributed by atoms with van der Waals surface area (Å²) in [4.78, 5) is 12.2. The van der Waals surface area contributed by atoms with E-state index in [1.165, 1.54) is 12.0 Å². The van der Waals surface area contributed by atoms with Gasteiger partial charge < -0.3 is 4.74 Å². The fraction of sp³-hybridized carbons (Fsp3) is 0.632. The molecule has 2 aliphatic rings. The number of hydrogen-bond acceptors (Lipinski definition) is 2. The summed E-state index contributed by atoms with van der Waals surface area (Å²) < 4.78 is 6.17. The van der Waals surface area contributed by atoms with Crippen LogP contribution < -0.4 is 0 Å². The summed E-state index contributed by atoms with van der Waals surface area (Å²) in [6, 6.07) is 10.4. The van der Waals surface area contributed by atoms with Crippen molar-refractivity contribution in [1.82, 2.24) is 0 Å². The van der Waals surface area contributed by atoms with Gasteiger partial charge in [-0.15, -0.1) is 0 Å². The Labute approximate surface area is 127 Å². The molecule has 0 saturated heterocycles. The normalized spacial score (nSPS) is 36.7. The second kappa shape index (κ2) is 4.59. The fourth-order valence-corrected chi connectivity index (χ4v) is 4.87. The summed E-state index contributed by atoms with van der Waals surface area (Å²) in [5.74, 6) is 0.552. The molecule has 21 heavy (non-hydrogen) atoms. The van der Waals surface area contributed by atoms with Crippen LogP contribution in [0.15, 0.2) is 30.3 Å². The van der Waals surface area contributed by atoms with Gasteiger partial charge in [-0.1, -0.05) is 58.0 Å². The van der Waals surface area contributed by atoms with Gasteiger partial charge in [0.15, 0.2) is 0 Å². The van der Waals surface area contributed by atoms with Gasteiger partial charge in [-0.2, -0.15) is 0 Å². The molecule has 0 spiro atoms. The Kier molecular flexibility index (Phi) is 3.20. The number of carbonyl (C=O) groups is 1. The van der Waals surface area contributed by atoms with Crippen molar-refractivity contribution >= 4 is 5.97 Å². The fourth-order valence-electron chi connectivity index (χ4n) is 4.87. The number of esters is 1. The number of fused-ring (bicyclic) bond motifs is 2. The first kappa shape index (κ1) is 14.6. The van der Waals surface area contributed by atoms with E-state index in [-0.39, 0.29) is 16.8 Å². The third-order valence-electron chi connectivity index (χ3n) is 6.68. The second-order valence-electron chi connectivity index (χ2n) is 7.51. The Morgan fingerprint density at radius 1 is 1.24 bits per heavy atom. The van der Waals surface area contributed by atoms with Crippen LogP contribution in [0.5, 0.6) is 0 Å². The molecule has 2 heteroatoms. The van der Waals surface area contributed by atoms with E-state index in [1.54, 1.807) is 0 Å². The predicted octanol–water partition coefficient (Wildman–Crippen LogP) is 4.68. The topological polar surface area (TPSA) is 26.3 Å². The maximum absolute atomic E-state index is 12.2. The van der Waals surface area contributed by atoms with Gasteiger partial charge in [0.05, 0.1) is 0 Å². The minimum atomic E-state index is -0.451. The third-order valence-corrected chi connectivity index (χ3v) is 6.68. The molecule has 2 aliphatic carbocycles. The van der Waals surface area contributed by atoms with Crippen LogP contribution in [-0.2, 0) is 15.1 Å². The summed E-state index contributed by atoms with van der Waals surface area (Å²) in [6.07, 6.45) is 3.79. The third kappa shape index (κ3) is 1.74. The Bertz CT molecular complexity index is 548. The van der Waals surface area contributed by atoms with E-state index in [0.29, 0.717) is 12.3 Å². The highest BCUT2D eigenvalue weighted by molar-refractivity contribution is 5.70. The van der Waals surface area contributed by atoms with Gasteiger partial charge >= 0.3 is 5.97 Å². The molecule has 0 heterocycles. The number of ether oxygens (including phenoxy) is 1. The monoisotopic (exact) mass is 286 g/mol. The van der Waals surface area contributed by atoms with Gasteiger partial charge in [-0.3, -0.25) is 4.79 Å². The lowest BCUT2D eigenvalue weighted by Gasteiger charge is -2.48. The smallest absolute Gasteiger partial charge is 0.306 e. The molecular weight excluding hydrogens is 260 g/mol. The van der Waals surface area contributed by atoms with E-state index in [1.807, 2.05) is 13.0 Å². The molecule has 0 aromatic heterocycles. The first-order chi connectivity index (χ1) is 9.87. The molecule has 114 valence electrons. The summed E-state index contributed by atoms with van der Waals surface area (Å²) in [5.41, 5.74) is 0.936. The molecule has 2 bridgehead atoms. The van der Waals surface area contributed by atoms with Gasteiger partial charge in [0.2, 0.25) is 0 Å². The molecule has 0 N–H and O–H groups in total. The average Bonchev–Trinajstić information content (AvgIpc) is 2.80. The SMILES string of the molecule is CCC(=O)OC1(c2ccccc2)CC2CCC1(C)C2(C)C. The van der Waals surface area contributed by atoms with Crippen LogP contribution in [0.25, 0.3) is 0 Å². The van der Waals surface area contributed by atoms with Crippen LogP contribution in [0, 0.1) is 16.7 Å². The summed E-state index contributed by atoms with van der Waals surface area (Å²) in [7, 11) is 0. The number of rotatable bonds is 3. The molecule has 2 saturated carbocycles. The molecule has 0 radical (unpaired) electrons. The summed E-state index contributed by atoms with van der Waals surface area (Å²) >= 11 is 0. The minimum Gasteiger partial charge on any atom is -0.454 e. The maximum Gasteiger partial charge on any atom is 0.306 e. The van der Waals surface area contributed by atoms with Crippen molar-refractivity contribution in [1.29, 1.82) is 0 Å². The Hall–Kier alpha value is -1.31. The van der Waals surface area contributed by atoms with Crippen molar-refractivity contribution in [2.75, 3.05) is 0 Å². The van der Waals surface area contributed by atoms with Gasteiger partial charge in [0.25, 0.3) is 0 Å². The highest BCUT2D eigenvalue weighted by atomic mass is 16.6. The van der Waals surface area contributed by atoms with Crippen molar-refractivity contribution in [2.24, 2.45) is 16.7 Å². The van der Waals surface area contributed by atoms with Crippen LogP contribution in [0.1, 0.15) is 58.9 Å². The van der Waals surface area contributed by atoms with Crippen LogP contribution in [0.4, 0.5) is 0 Å². The van der Waals surface area contributed by atoms with Crippen LogP contribution in [0.3, 0.4) is 0 Å². The van der Waals surface area contributed by atoms with E-state index in [2.05, 4.69) is 45.0 Å². The average molecular weight is 286 g/mol. The zero-order valence-corrected chi connectivity index (χ0v) is 13.6. The molecule has 1 aromatic rings. The Morgan fingerprint density at radius 2 is 1.90 bits per heavy atom. The van der Waals surface area contributed by atoms with Crippen molar-refractivity contribution in [3.05, 3.63) is 35.9 Å². The van der Waals surface area contributed by atoms with Gasteiger partial charge in [-0.05, 0) is 36.2 Å². The van der Waals surface area contributed by atoms with E-state index in [0.717, 1.165) is 12.8 Å². The molecule has 2 fully saturated rings. The molecule has 3 unspecified atom stereocenters. The standard InChI is InChI=1S/C19H26O2/c1-5-16(20)21-19(14-9-7-6-8-10-14)13-15-11-12-18(19,4)17(15,2)3/h6-10,15H,5,11-13H2,1-4H3.